The van der Waals surface area contributed by atoms with Crippen LogP contribution in [0.5, 0.6) is 5.75 Å². The van der Waals surface area contributed by atoms with Crippen molar-refractivity contribution in [3.63, 3.8) is 0 Å². The number of hydrogen-bond donors (Lipinski definition) is 0. The Hall–Kier alpha value is -4.15. The minimum atomic E-state index is -0.787. The number of fused-ring (bicyclic) bond motifs is 2. The van der Waals surface area contributed by atoms with E-state index in [-0.39, 0.29) is 12.2 Å². The van der Waals surface area contributed by atoms with E-state index < -0.39 is 12.0 Å². The van der Waals surface area contributed by atoms with Crippen molar-refractivity contribution in [2.75, 3.05) is 44.9 Å². The molecule has 2 aliphatic rings. The first-order valence-corrected chi connectivity index (χ1v) is 15.1. The molecule has 0 radical (unpaired) electrons. The molecule has 4 aromatic rings. The molecular weight excluding hydrogens is 554 g/mol. The minimum Gasteiger partial charge on any atom is -0.496 e. The topological polar surface area (TPSA) is 95.5 Å². The van der Waals surface area contributed by atoms with Crippen LogP contribution in [0.25, 0.3) is 16.8 Å². The van der Waals surface area contributed by atoms with Crippen LogP contribution in [0.15, 0.2) is 74.0 Å². The van der Waals surface area contributed by atoms with Gasteiger partial charge in [-0.1, -0.05) is 55.0 Å². The average Bonchev–Trinajstić information content (AvgIpc) is 3.61. The van der Waals surface area contributed by atoms with Gasteiger partial charge in [0.2, 0.25) is 0 Å². The Balaban J connectivity index is 1.58. The molecule has 0 unspecified atom stereocenters. The molecule has 0 spiro atoms. The molecule has 4 heterocycles. The predicted octanol–water partition coefficient (Wildman–Crippen LogP) is 4.17. The van der Waals surface area contributed by atoms with E-state index in [0.29, 0.717) is 51.7 Å². The fourth-order valence-electron chi connectivity index (χ4n) is 5.63. The third-order valence-corrected chi connectivity index (χ3v) is 8.51. The Kier molecular flexibility index (Phi) is 7.99. The average molecular weight is 588 g/mol. The highest BCUT2D eigenvalue weighted by atomic mass is 32.1. The molecule has 1 atom stereocenters. The number of benzene rings is 2. The number of methoxy groups -OCH3 is 1. The van der Waals surface area contributed by atoms with Gasteiger partial charge in [0.25, 0.3) is 5.56 Å². The van der Waals surface area contributed by atoms with Crippen molar-refractivity contribution in [1.82, 2.24) is 4.57 Å². The molecule has 0 amide bonds. The number of esters is 1. The van der Waals surface area contributed by atoms with Gasteiger partial charge in [-0.15, -0.1) is 0 Å². The van der Waals surface area contributed by atoms with Crippen LogP contribution in [0.1, 0.15) is 44.1 Å². The maximum absolute atomic E-state index is 14.2. The zero-order valence-corrected chi connectivity index (χ0v) is 24.7. The number of furan rings is 1. The molecule has 9 nitrogen and oxygen atoms in total. The van der Waals surface area contributed by atoms with E-state index in [4.69, 9.17) is 23.6 Å². The van der Waals surface area contributed by atoms with Gasteiger partial charge in [0, 0.05) is 30.8 Å². The maximum Gasteiger partial charge on any atom is 0.338 e. The predicted molar refractivity (Wildman–Crippen MR) is 162 cm³/mol. The van der Waals surface area contributed by atoms with Crippen molar-refractivity contribution in [3.8, 4) is 5.75 Å². The number of ether oxygens (including phenoxy) is 3. The molecule has 2 aromatic carbocycles. The lowest BCUT2D eigenvalue weighted by Crippen LogP contribution is -2.40. The zero-order valence-electron chi connectivity index (χ0n) is 23.9. The number of hydrogen-bond acceptors (Lipinski definition) is 9. The van der Waals surface area contributed by atoms with Crippen LogP contribution in [-0.4, -0.2) is 50.6 Å². The fraction of sp³-hybridized carbons (Fsp3) is 0.344. The van der Waals surface area contributed by atoms with Gasteiger partial charge in [0.05, 0.1) is 42.7 Å². The van der Waals surface area contributed by atoms with Crippen molar-refractivity contribution in [1.29, 1.82) is 0 Å². The van der Waals surface area contributed by atoms with E-state index in [1.807, 2.05) is 55.5 Å². The minimum absolute atomic E-state index is 0.204. The van der Waals surface area contributed by atoms with Gasteiger partial charge in [-0.25, -0.2) is 9.79 Å². The van der Waals surface area contributed by atoms with Gasteiger partial charge in [0.1, 0.15) is 17.6 Å². The van der Waals surface area contributed by atoms with Crippen LogP contribution in [0, 0.1) is 0 Å². The molecule has 218 valence electrons. The van der Waals surface area contributed by atoms with E-state index >= 15 is 0 Å². The molecule has 42 heavy (non-hydrogen) atoms. The summed E-state index contributed by atoms with van der Waals surface area (Å²) in [7, 11) is 1.60. The Morgan fingerprint density at radius 3 is 2.69 bits per heavy atom. The number of carbonyl (C=O) groups is 1. The summed E-state index contributed by atoms with van der Waals surface area (Å²) in [5.41, 5.74) is 1.44. The van der Waals surface area contributed by atoms with Crippen LogP contribution >= 0.6 is 11.3 Å². The highest BCUT2D eigenvalue weighted by Gasteiger charge is 2.37. The second-order valence-corrected chi connectivity index (χ2v) is 11.1. The summed E-state index contributed by atoms with van der Waals surface area (Å²) in [6.45, 7) is 6.81. The zero-order chi connectivity index (χ0) is 29.2. The van der Waals surface area contributed by atoms with Crippen LogP contribution in [-0.2, 0) is 14.3 Å². The van der Waals surface area contributed by atoms with Crippen molar-refractivity contribution in [3.05, 3.63) is 90.8 Å². The standard InChI is InChI=1S/C32H33N3O6S/c1-4-8-23-28(31(37)40-5-2)29(27-22-10-7-6-9-20(22)11-13-24(27)38-3)35-30(36)25(42-32(35)33-23)19-21-12-14-26(41-21)34-15-17-39-18-16-34/h6-7,9-14,19,29H,4-5,8,15-18H2,1-3H3/t29-/m0/s1. The monoisotopic (exact) mass is 587 g/mol. The highest BCUT2D eigenvalue weighted by Crippen LogP contribution is 2.41. The first kappa shape index (κ1) is 28.0. The molecule has 0 bridgehead atoms. The second kappa shape index (κ2) is 12.0. The molecule has 2 aromatic heterocycles. The second-order valence-electron chi connectivity index (χ2n) is 10.1. The van der Waals surface area contributed by atoms with Crippen LogP contribution in [0.3, 0.4) is 0 Å². The summed E-state index contributed by atoms with van der Waals surface area (Å²) >= 11 is 1.28. The van der Waals surface area contributed by atoms with Crippen molar-refractivity contribution in [2.24, 2.45) is 4.99 Å². The number of aromatic nitrogens is 1. The van der Waals surface area contributed by atoms with Crippen molar-refractivity contribution >= 4 is 40.0 Å². The number of thiazole rings is 1. The van der Waals surface area contributed by atoms with Gasteiger partial charge < -0.3 is 23.5 Å². The molecule has 1 saturated heterocycles. The lowest BCUT2D eigenvalue weighted by molar-refractivity contribution is -0.139. The fourth-order valence-corrected chi connectivity index (χ4v) is 6.63. The van der Waals surface area contributed by atoms with E-state index in [2.05, 4.69) is 4.90 Å². The summed E-state index contributed by atoms with van der Waals surface area (Å²) in [4.78, 5) is 35.4. The lowest BCUT2D eigenvalue weighted by atomic mass is 9.90. The maximum atomic E-state index is 14.2. The van der Waals surface area contributed by atoms with Gasteiger partial charge in [-0.3, -0.25) is 9.36 Å². The quantitative estimate of drug-likeness (QED) is 0.286. The Morgan fingerprint density at radius 1 is 1.12 bits per heavy atom. The molecule has 10 heteroatoms. The number of allylic oxidation sites excluding steroid dienone is 1. The van der Waals surface area contributed by atoms with Crippen molar-refractivity contribution in [2.45, 2.75) is 32.7 Å². The lowest BCUT2D eigenvalue weighted by Gasteiger charge is -2.28. The van der Waals surface area contributed by atoms with Crippen LogP contribution in [0.4, 0.5) is 5.88 Å². The Bertz CT molecular complexity index is 1840. The molecule has 0 N–H and O–H groups in total. The van der Waals surface area contributed by atoms with Crippen LogP contribution < -0.4 is 24.5 Å². The smallest absolute Gasteiger partial charge is 0.338 e. The summed E-state index contributed by atoms with van der Waals surface area (Å²) in [6.07, 6.45) is 3.08. The van der Waals surface area contributed by atoms with E-state index in [1.54, 1.807) is 24.7 Å². The Morgan fingerprint density at radius 2 is 1.93 bits per heavy atom. The molecule has 1 fully saturated rings. The Labute approximate surface area is 246 Å². The van der Waals surface area contributed by atoms with E-state index in [1.165, 1.54) is 11.3 Å². The van der Waals surface area contributed by atoms with Gasteiger partial charge in [-0.2, -0.15) is 0 Å². The number of nitrogens with zero attached hydrogens (tertiary/aromatic N) is 3. The first-order chi connectivity index (χ1) is 20.5. The molecular formula is C32H33N3O6S. The van der Waals surface area contributed by atoms with E-state index in [0.717, 1.165) is 41.7 Å². The number of rotatable bonds is 8. The summed E-state index contributed by atoms with van der Waals surface area (Å²) in [5.74, 6) is 1.40. The van der Waals surface area contributed by atoms with E-state index in [9.17, 15) is 9.59 Å². The summed E-state index contributed by atoms with van der Waals surface area (Å²) in [6, 6.07) is 14.7. The highest BCUT2D eigenvalue weighted by molar-refractivity contribution is 7.07. The first-order valence-electron chi connectivity index (χ1n) is 14.2. The third-order valence-electron chi connectivity index (χ3n) is 7.52. The number of anilines is 1. The third kappa shape index (κ3) is 5.05. The SMILES string of the molecule is CCCC1=C(C(=O)OCC)[C@H](c2c(OC)ccc3ccccc23)n2c(sc(=Cc3ccc(N4CCOCC4)o3)c2=O)=N1. The number of morpholine rings is 1. The largest absolute Gasteiger partial charge is 0.496 e. The normalized spacial score (nSPS) is 17.4. The van der Waals surface area contributed by atoms with Gasteiger partial charge in [-0.05, 0) is 36.2 Å². The molecule has 0 saturated carbocycles. The molecule has 0 aliphatic carbocycles. The summed E-state index contributed by atoms with van der Waals surface area (Å²) in [5, 5.41) is 1.86. The molecule has 6 rings (SSSR count). The summed E-state index contributed by atoms with van der Waals surface area (Å²) < 4.78 is 25.1. The van der Waals surface area contributed by atoms with Gasteiger partial charge in [0.15, 0.2) is 10.7 Å². The molecule has 2 aliphatic heterocycles. The number of carbonyl (C=O) groups excluding carboxylic acids is 1. The van der Waals surface area contributed by atoms with Crippen molar-refractivity contribution < 1.29 is 23.4 Å². The van der Waals surface area contributed by atoms with Crippen LogP contribution in [0.2, 0.25) is 0 Å². The van der Waals surface area contributed by atoms with Gasteiger partial charge >= 0.3 is 5.97 Å².